The van der Waals surface area contributed by atoms with Gasteiger partial charge in [0.2, 0.25) is 0 Å². The Labute approximate surface area is 121 Å². The van der Waals surface area contributed by atoms with Crippen molar-refractivity contribution in [3.63, 3.8) is 0 Å². The third-order valence-electron chi connectivity index (χ3n) is 3.83. The maximum absolute atomic E-state index is 4.54. The minimum atomic E-state index is 0.377. The lowest BCUT2D eigenvalue weighted by Gasteiger charge is -2.26. The predicted molar refractivity (Wildman–Crippen MR) is 81.0 cm³/mol. The molecule has 0 saturated carbocycles. The zero-order chi connectivity index (χ0) is 13.4. The van der Waals surface area contributed by atoms with Gasteiger partial charge in [-0.1, -0.05) is 6.07 Å². The molecule has 0 amide bonds. The summed E-state index contributed by atoms with van der Waals surface area (Å²) < 4.78 is 0. The monoisotopic (exact) mass is 282 g/mol. The molecule has 1 atom stereocenters. The van der Waals surface area contributed by atoms with E-state index in [1.165, 1.54) is 12.0 Å². The van der Waals surface area contributed by atoms with Gasteiger partial charge in [-0.3, -0.25) is 4.98 Å². The van der Waals surface area contributed by atoms with Gasteiger partial charge in [0.15, 0.2) is 0 Å². The highest BCUT2D eigenvalue weighted by Gasteiger charge is 2.28. The van der Waals surface area contributed by atoms with Crippen LogP contribution in [0.5, 0.6) is 0 Å². The third-order valence-corrected chi connectivity index (χ3v) is 4.66. The molecule has 1 aliphatic rings. The quantitative estimate of drug-likeness (QED) is 0.722. The molecule has 4 nitrogen and oxygen atoms in total. The molecular formula is C15H14N4S. The summed E-state index contributed by atoms with van der Waals surface area (Å²) in [6, 6.07) is 6.66. The minimum absolute atomic E-state index is 0.377. The van der Waals surface area contributed by atoms with E-state index in [0.717, 1.165) is 29.0 Å². The third kappa shape index (κ3) is 1.86. The Balaban J connectivity index is 1.79. The van der Waals surface area contributed by atoms with E-state index in [4.69, 9.17) is 0 Å². The molecule has 4 heterocycles. The van der Waals surface area contributed by atoms with Crippen molar-refractivity contribution in [1.29, 1.82) is 0 Å². The average molecular weight is 282 g/mol. The minimum Gasteiger partial charge on any atom is -0.349 e. The van der Waals surface area contributed by atoms with Crippen LogP contribution in [0.15, 0.2) is 42.3 Å². The fourth-order valence-corrected chi connectivity index (χ4v) is 3.67. The Hall–Kier alpha value is -2.01. The zero-order valence-corrected chi connectivity index (χ0v) is 11.8. The van der Waals surface area contributed by atoms with Gasteiger partial charge in [-0.15, -0.1) is 11.3 Å². The molecule has 0 radical (unpaired) electrons. The molecule has 100 valence electrons. The van der Waals surface area contributed by atoms with Gasteiger partial charge in [-0.25, -0.2) is 9.97 Å². The second kappa shape index (κ2) is 4.83. The van der Waals surface area contributed by atoms with Gasteiger partial charge in [0.1, 0.15) is 17.0 Å². The molecule has 1 fully saturated rings. The molecule has 5 heteroatoms. The molecule has 1 saturated heterocycles. The fourth-order valence-electron chi connectivity index (χ4n) is 2.95. The molecule has 1 unspecified atom stereocenters. The molecule has 20 heavy (non-hydrogen) atoms. The number of fused-ring (bicyclic) bond motifs is 1. The number of hydrogen-bond donors (Lipinski definition) is 0. The van der Waals surface area contributed by atoms with Gasteiger partial charge in [0.05, 0.1) is 11.4 Å². The van der Waals surface area contributed by atoms with Crippen molar-refractivity contribution in [2.45, 2.75) is 18.9 Å². The Morgan fingerprint density at radius 3 is 3.15 bits per heavy atom. The fraction of sp³-hybridized carbons (Fsp3) is 0.267. The second-order valence-corrected chi connectivity index (χ2v) is 5.87. The molecule has 0 bridgehead atoms. The molecule has 0 aliphatic carbocycles. The van der Waals surface area contributed by atoms with E-state index < -0.39 is 0 Å². The van der Waals surface area contributed by atoms with Gasteiger partial charge in [0.25, 0.3) is 0 Å². The molecule has 0 aromatic carbocycles. The lowest BCUT2D eigenvalue weighted by atomic mass is 10.1. The lowest BCUT2D eigenvalue weighted by molar-refractivity contribution is 0.710. The Morgan fingerprint density at radius 2 is 2.25 bits per heavy atom. The zero-order valence-electron chi connectivity index (χ0n) is 10.9. The summed E-state index contributed by atoms with van der Waals surface area (Å²) in [5.41, 5.74) is 1.27. The topological polar surface area (TPSA) is 41.9 Å². The van der Waals surface area contributed by atoms with Crippen molar-refractivity contribution in [3.8, 4) is 0 Å². The maximum atomic E-state index is 4.54. The van der Waals surface area contributed by atoms with Gasteiger partial charge in [-0.05, 0) is 35.9 Å². The lowest BCUT2D eigenvalue weighted by Crippen LogP contribution is -2.23. The van der Waals surface area contributed by atoms with Crippen LogP contribution in [-0.2, 0) is 0 Å². The van der Waals surface area contributed by atoms with Gasteiger partial charge in [-0.2, -0.15) is 0 Å². The van der Waals surface area contributed by atoms with Gasteiger partial charge in [0, 0.05) is 18.9 Å². The Bertz CT molecular complexity index is 725. The SMILES string of the molecule is c1cncc(C2CCCN2c2ncnc3sccc23)c1. The first-order valence-corrected chi connectivity index (χ1v) is 7.66. The summed E-state index contributed by atoms with van der Waals surface area (Å²) in [6.07, 6.45) is 7.81. The van der Waals surface area contributed by atoms with E-state index in [1.54, 1.807) is 17.7 Å². The average Bonchev–Trinajstić information content (AvgIpc) is 3.16. The van der Waals surface area contributed by atoms with Crippen molar-refractivity contribution >= 4 is 27.4 Å². The van der Waals surface area contributed by atoms with Crippen molar-refractivity contribution in [2.24, 2.45) is 0 Å². The highest BCUT2D eigenvalue weighted by atomic mass is 32.1. The van der Waals surface area contributed by atoms with Crippen LogP contribution in [-0.4, -0.2) is 21.5 Å². The van der Waals surface area contributed by atoms with E-state index in [9.17, 15) is 0 Å². The number of rotatable bonds is 2. The predicted octanol–water partition coefficient (Wildman–Crippen LogP) is 3.43. The largest absolute Gasteiger partial charge is 0.349 e. The molecule has 1 aliphatic heterocycles. The van der Waals surface area contributed by atoms with Crippen LogP contribution in [0.3, 0.4) is 0 Å². The second-order valence-electron chi connectivity index (χ2n) is 4.97. The van der Waals surface area contributed by atoms with E-state index in [-0.39, 0.29) is 0 Å². The van der Waals surface area contributed by atoms with Crippen LogP contribution in [0.1, 0.15) is 24.4 Å². The summed E-state index contributed by atoms with van der Waals surface area (Å²) in [4.78, 5) is 16.6. The highest BCUT2D eigenvalue weighted by Crippen LogP contribution is 2.38. The van der Waals surface area contributed by atoms with Crippen LogP contribution in [0.2, 0.25) is 0 Å². The Morgan fingerprint density at radius 1 is 1.25 bits per heavy atom. The number of anilines is 1. The molecule has 0 N–H and O–H groups in total. The van der Waals surface area contributed by atoms with E-state index in [1.807, 2.05) is 18.5 Å². The van der Waals surface area contributed by atoms with E-state index >= 15 is 0 Å². The standard InChI is InChI=1S/C15H14N4S/c1-3-11(9-16-6-1)13-4-2-7-19(13)14-12-5-8-20-15(12)18-10-17-14/h1,3,5-6,8-10,13H,2,4,7H2. The van der Waals surface area contributed by atoms with Crippen LogP contribution in [0.25, 0.3) is 10.2 Å². The first kappa shape index (κ1) is 11.8. The molecule has 3 aromatic heterocycles. The van der Waals surface area contributed by atoms with Crippen LogP contribution >= 0.6 is 11.3 Å². The maximum Gasteiger partial charge on any atom is 0.141 e. The van der Waals surface area contributed by atoms with Crippen molar-refractivity contribution < 1.29 is 0 Å². The number of hydrogen-bond acceptors (Lipinski definition) is 5. The number of aromatic nitrogens is 3. The number of pyridine rings is 1. The van der Waals surface area contributed by atoms with Crippen LogP contribution < -0.4 is 4.90 Å². The van der Waals surface area contributed by atoms with Gasteiger partial charge >= 0.3 is 0 Å². The number of thiophene rings is 1. The molecule has 4 rings (SSSR count). The summed E-state index contributed by atoms with van der Waals surface area (Å²) in [7, 11) is 0. The normalized spacial score (nSPS) is 18.8. The summed E-state index contributed by atoms with van der Waals surface area (Å²) in [5.74, 6) is 1.06. The first-order valence-electron chi connectivity index (χ1n) is 6.78. The van der Waals surface area contributed by atoms with Crippen LogP contribution in [0, 0.1) is 0 Å². The van der Waals surface area contributed by atoms with Crippen molar-refractivity contribution in [2.75, 3.05) is 11.4 Å². The van der Waals surface area contributed by atoms with Gasteiger partial charge < -0.3 is 4.90 Å². The van der Waals surface area contributed by atoms with E-state index in [0.29, 0.717) is 6.04 Å². The summed E-state index contributed by atoms with van der Waals surface area (Å²) in [6.45, 7) is 1.04. The molecule has 3 aromatic rings. The molecule has 0 spiro atoms. The molecular weight excluding hydrogens is 268 g/mol. The first-order chi connectivity index (χ1) is 9.93. The summed E-state index contributed by atoms with van der Waals surface area (Å²) in [5, 5.41) is 3.24. The van der Waals surface area contributed by atoms with Crippen molar-refractivity contribution in [1.82, 2.24) is 15.0 Å². The number of nitrogens with zero attached hydrogens (tertiary/aromatic N) is 4. The highest BCUT2D eigenvalue weighted by molar-refractivity contribution is 7.16. The van der Waals surface area contributed by atoms with Crippen LogP contribution in [0.4, 0.5) is 5.82 Å². The smallest absolute Gasteiger partial charge is 0.141 e. The summed E-state index contributed by atoms with van der Waals surface area (Å²) >= 11 is 1.67. The van der Waals surface area contributed by atoms with Crippen molar-refractivity contribution in [3.05, 3.63) is 47.9 Å². The van der Waals surface area contributed by atoms with E-state index in [2.05, 4.69) is 37.4 Å². The Kier molecular flexibility index (Phi) is 2.85.